The molecule has 0 saturated heterocycles. The van der Waals surface area contributed by atoms with Gasteiger partial charge in [0, 0.05) is 10.6 Å². The molecule has 134 valence electrons. The maximum absolute atomic E-state index is 12.9. The molecule has 6 nitrogen and oxygen atoms in total. The minimum atomic E-state index is -0.709. The van der Waals surface area contributed by atoms with Crippen LogP contribution in [0.5, 0.6) is 5.75 Å². The third kappa shape index (κ3) is 5.92. The molecule has 1 N–H and O–H groups in total. The van der Waals surface area contributed by atoms with Crippen molar-refractivity contribution in [2.24, 2.45) is 0 Å². The van der Waals surface area contributed by atoms with Crippen LogP contribution >= 0.6 is 11.6 Å². The van der Waals surface area contributed by atoms with E-state index in [-0.39, 0.29) is 0 Å². The summed E-state index contributed by atoms with van der Waals surface area (Å²) in [4.78, 5) is 24.9. The van der Waals surface area contributed by atoms with Gasteiger partial charge in [-0.2, -0.15) is 0 Å². The number of carbonyl (C=O) groups is 2. The molecule has 0 aromatic heterocycles. The molecule has 24 heavy (non-hydrogen) atoms. The van der Waals surface area contributed by atoms with Crippen LogP contribution < -0.4 is 10.2 Å². The van der Waals surface area contributed by atoms with Gasteiger partial charge in [-0.3, -0.25) is 4.79 Å². The summed E-state index contributed by atoms with van der Waals surface area (Å²) in [6, 6.07) is 4.67. The van der Waals surface area contributed by atoms with Crippen LogP contribution in [-0.2, 0) is 4.74 Å². The largest absolute Gasteiger partial charge is 0.497 e. The molecule has 0 radical (unpaired) electrons. The number of methoxy groups -OCH3 is 1. The van der Waals surface area contributed by atoms with Crippen LogP contribution in [0.3, 0.4) is 0 Å². The Morgan fingerprint density at radius 3 is 2.12 bits per heavy atom. The Kier molecular flexibility index (Phi) is 6.11. The molecule has 0 saturated carbocycles. The summed E-state index contributed by atoms with van der Waals surface area (Å²) in [6.45, 7) is 10.6. The smallest absolute Gasteiger partial charge is 0.426 e. The van der Waals surface area contributed by atoms with Crippen molar-refractivity contribution in [3.05, 3.63) is 28.8 Å². The van der Waals surface area contributed by atoms with E-state index in [1.54, 1.807) is 53.7 Å². The van der Waals surface area contributed by atoms with Crippen molar-refractivity contribution in [3.63, 3.8) is 0 Å². The number of hydrogen-bond donors (Lipinski definition) is 1. The highest BCUT2D eigenvalue weighted by Crippen LogP contribution is 2.23. The average Bonchev–Trinajstić information content (AvgIpc) is 2.40. The first-order valence-corrected chi connectivity index (χ1v) is 7.90. The summed E-state index contributed by atoms with van der Waals surface area (Å²) in [5, 5.41) is 1.58. The third-order valence-electron chi connectivity index (χ3n) is 2.83. The molecule has 0 spiro atoms. The van der Waals surface area contributed by atoms with Gasteiger partial charge >= 0.3 is 6.09 Å². The van der Waals surface area contributed by atoms with Crippen molar-refractivity contribution in [1.29, 1.82) is 0 Å². The third-order valence-corrected chi connectivity index (χ3v) is 3.05. The number of hydrogen-bond acceptors (Lipinski definition) is 4. The minimum Gasteiger partial charge on any atom is -0.497 e. The summed E-state index contributed by atoms with van der Waals surface area (Å²) >= 11 is 6.02. The predicted molar refractivity (Wildman–Crippen MR) is 93.3 cm³/mol. The number of hydrazine groups is 1. The highest BCUT2D eigenvalue weighted by atomic mass is 35.5. The monoisotopic (exact) mass is 356 g/mol. The van der Waals surface area contributed by atoms with Crippen molar-refractivity contribution in [1.82, 2.24) is 10.4 Å². The first-order valence-electron chi connectivity index (χ1n) is 7.52. The number of ether oxygens (including phenoxy) is 2. The molecule has 0 aliphatic heterocycles. The summed E-state index contributed by atoms with van der Waals surface area (Å²) in [6.07, 6.45) is -0.709. The van der Waals surface area contributed by atoms with Gasteiger partial charge in [0.05, 0.1) is 12.6 Å². The second-order valence-electron chi connectivity index (χ2n) is 7.30. The number of amides is 2. The zero-order valence-corrected chi connectivity index (χ0v) is 15.9. The van der Waals surface area contributed by atoms with Crippen molar-refractivity contribution in [3.8, 4) is 5.75 Å². The molecule has 2 amide bonds. The van der Waals surface area contributed by atoms with Gasteiger partial charge in [-0.15, -0.1) is 0 Å². The Morgan fingerprint density at radius 2 is 1.67 bits per heavy atom. The number of benzene rings is 1. The van der Waals surface area contributed by atoms with E-state index in [1.165, 1.54) is 18.2 Å². The zero-order valence-electron chi connectivity index (χ0n) is 15.2. The quantitative estimate of drug-likeness (QED) is 0.812. The lowest BCUT2D eigenvalue weighted by Gasteiger charge is -2.36. The summed E-state index contributed by atoms with van der Waals surface area (Å²) in [5.74, 6) is 0.0335. The van der Waals surface area contributed by atoms with Crippen molar-refractivity contribution in [2.45, 2.75) is 52.7 Å². The van der Waals surface area contributed by atoms with Gasteiger partial charge in [0.15, 0.2) is 0 Å². The molecule has 1 aromatic carbocycles. The van der Waals surface area contributed by atoms with Crippen molar-refractivity contribution in [2.75, 3.05) is 7.11 Å². The fourth-order valence-corrected chi connectivity index (χ4v) is 2.07. The lowest BCUT2D eigenvalue weighted by molar-refractivity contribution is 0.0118. The van der Waals surface area contributed by atoms with Crippen LogP contribution in [-0.4, -0.2) is 35.3 Å². The average molecular weight is 357 g/mol. The maximum atomic E-state index is 12.9. The molecular formula is C17H25ClN2O4. The first kappa shape index (κ1) is 20.1. The molecule has 0 aliphatic carbocycles. The second kappa shape index (κ2) is 7.30. The van der Waals surface area contributed by atoms with E-state index < -0.39 is 23.1 Å². The van der Waals surface area contributed by atoms with Crippen LogP contribution in [0, 0.1) is 0 Å². The fraction of sp³-hybridized carbons (Fsp3) is 0.529. The topological polar surface area (TPSA) is 67.9 Å². The summed E-state index contributed by atoms with van der Waals surface area (Å²) in [7, 11) is 1.49. The van der Waals surface area contributed by atoms with Gasteiger partial charge in [0.2, 0.25) is 0 Å². The number of nitrogens with zero attached hydrogens (tertiary/aromatic N) is 1. The van der Waals surface area contributed by atoms with E-state index in [9.17, 15) is 9.59 Å². The van der Waals surface area contributed by atoms with Crippen LogP contribution in [0.25, 0.3) is 0 Å². The SMILES string of the molecule is COc1cc(Cl)cc(C(=O)N(NC(=O)OC(C)(C)C)C(C)(C)C)c1. The van der Waals surface area contributed by atoms with Crippen LogP contribution in [0.2, 0.25) is 5.02 Å². The Morgan fingerprint density at radius 1 is 1.08 bits per heavy atom. The number of nitrogens with one attached hydrogen (secondary N) is 1. The Hall–Kier alpha value is -1.95. The molecule has 0 heterocycles. The van der Waals surface area contributed by atoms with E-state index in [0.717, 1.165) is 0 Å². The van der Waals surface area contributed by atoms with E-state index in [2.05, 4.69) is 5.43 Å². The van der Waals surface area contributed by atoms with Gasteiger partial charge in [-0.05, 0) is 59.7 Å². The van der Waals surface area contributed by atoms with Gasteiger partial charge in [-0.1, -0.05) is 11.6 Å². The van der Waals surface area contributed by atoms with E-state index in [1.807, 2.05) is 0 Å². The predicted octanol–water partition coefficient (Wildman–Crippen LogP) is 4.03. The molecule has 0 unspecified atom stereocenters. The normalized spacial score (nSPS) is 11.7. The van der Waals surface area contributed by atoms with Gasteiger partial charge in [-0.25, -0.2) is 15.2 Å². The van der Waals surface area contributed by atoms with E-state index in [0.29, 0.717) is 16.3 Å². The highest BCUT2D eigenvalue weighted by molar-refractivity contribution is 6.31. The van der Waals surface area contributed by atoms with Crippen molar-refractivity contribution >= 4 is 23.6 Å². The summed E-state index contributed by atoms with van der Waals surface area (Å²) < 4.78 is 10.4. The van der Waals surface area contributed by atoms with Crippen LogP contribution in [0.15, 0.2) is 18.2 Å². The molecule has 1 aromatic rings. The Labute approximate surface area is 148 Å². The molecule has 1 rings (SSSR count). The zero-order chi connectivity index (χ0) is 18.7. The fourth-order valence-electron chi connectivity index (χ4n) is 1.85. The second-order valence-corrected chi connectivity index (χ2v) is 7.74. The first-order chi connectivity index (χ1) is 10.8. The van der Waals surface area contributed by atoms with Gasteiger partial charge < -0.3 is 9.47 Å². The highest BCUT2D eigenvalue weighted by Gasteiger charge is 2.31. The molecule has 0 aliphatic rings. The van der Waals surface area contributed by atoms with E-state index in [4.69, 9.17) is 21.1 Å². The van der Waals surface area contributed by atoms with Crippen LogP contribution in [0.1, 0.15) is 51.9 Å². The van der Waals surface area contributed by atoms with Gasteiger partial charge in [0.1, 0.15) is 11.4 Å². The van der Waals surface area contributed by atoms with Gasteiger partial charge in [0.25, 0.3) is 5.91 Å². The number of rotatable bonds is 2. The number of halogens is 1. The Bertz CT molecular complexity index is 618. The minimum absolute atomic E-state index is 0.297. The standard InChI is InChI=1S/C17H25ClN2O4/c1-16(2,3)20(19-15(22)24-17(4,5)6)14(21)11-8-12(18)10-13(9-11)23-7/h8-10H,1-7H3,(H,19,22). The Balaban J connectivity index is 3.11. The molecule has 7 heteroatoms. The maximum Gasteiger partial charge on any atom is 0.426 e. The van der Waals surface area contributed by atoms with Crippen molar-refractivity contribution < 1.29 is 19.1 Å². The summed E-state index contributed by atoms with van der Waals surface area (Å²) in [5.41, 5.74) is 1.46. The molecule has 0 bridgehead atoms. The molecule has 0 fully saturated rings. The number of carbonyl (C=O) groups excluding carboxylic acids is 2. The lowest BCUT2D eigenvalue weighted by atomic mass is 10.1. The molecular weight excluding hydrogens is 332 g/mol. The van der Waals surface area contributed by atoms with Crippen LogP contribution in [0.4, 0.5) is 4.79 Å². The molecule has 0 atom stereocenters. The van der Waals surface area contributed by atoms with E-state index >= 15 is 0 Å². The lowest BCUT2D eigenvalue weighted by Crippen LogP contribution is -2.56.